The molecule has 0 aliphatic carbocycles. The maximum Gasteiger partial charge on any atom is 0.241 e. The third kappa shape index (κ3) is 5.17. The van der Waals surface area contributed by atoms with Crippen LogP contribution in [0.2, 0.25) is 0 Å². The molecule has 1 heterocycles. The summed E-state index contributed by atoms with van der Waals surface area (Å²) in [5.41, 5.74) is 0.977. The minimum atomic E-state index is -3.77. The number of amides is 1. The minimum absolute atomic E-state index is 0.0608. The molecule has 25 heavy (non-hydrogen) atoms. The molecular weight excluding hydrogens is 340 g/mol. The van der Waals surface area contributed by atoms with Crippen molar-refractivity contribution in [1.29, 1.82) is 0 Å². The third-order valence-electron chi connectivity index (χ3n) is 3.77. The average Bonchev–Trinajstić information content (AvgIpc) is 3.05. The van der Waals surface area contributed by atoms with E-state index in [-0.39, 0.29) is 16.9 Å². The number of carbonyl (C=O) groups is 1. The van der Waals surface area contributed by atoms with E-state index in [1.807, 2.05) is 0 Å². The quantitative estimate of drug-likeness (QED) is 0.824. The number of sulfonamides is 1. The first-order valence-corrected chi connectivity index (χ1v) is 9.51. The van der Waals surface area contributed by atoms with E-state index >= 15 is 0 Å². The molecule has 0 bridgehead atoms. The van der Waals surface area contributed by atoms with E-state index < -0.39 is 22.0 Å². The Labute approximate surface area is 148 Å². The number of nitrogens with one attached hydrogen (secondary N) is 2. The van der Waals surface area contributed by atoms with Gasteiger partial charge < -0.3 is 9.73 Å². The highest BCUT2D eigenvalue weighted by Crippen LogP contribution is 2.23. The van der Waals surface area contributed by atoms with E-state index in [9.17, 15) is 13.2 Å². The van der Waals surface area contributed by atoms with Gasteiger partial charge in [-0.3, -0.25) is 4.79 Å². The van der Waals surface area contributed by atoms with Gasteiger partial charge in [0.25, 0.3) is 0 Å². The lowest BCUT2D eigenvalue weighted by molar-refractivity contribution is -0.122. The molecule has 0 saturated heterocycles. The Morgan fingerprint density at radius 3 is 2.32 bits per heavy atom. The number of hydrogen-bond donors (Lipinski definition) is 2. The van der Waals surface area contributed by atoms with Crippen molar-refractivity contribution in [2.24, 2.45) is 0 Å². The molecule has 1 atom stereocenters. The Morgan fingerprint density at radius 1 is 1.16 bits per heavy atom. The molecule has 0 unspecified atom stereocenters. The normalized spacial score (nSPS) is 13.4. The first-order valence-electron chi connectivity index (χ1n) is 8.02. The van der Waals surface area contributed by atoms with E-state index in [0.29, 0.717) is 5.76 Å². The van der Waals surface area contributed by atoms with E-state index in [4.69, 9.17) is 4.42 Å². The van der Waals surface area contributed by atoms with Gasteiger partial charge in [-0.15, -0.1) is 0 Å². The van der Waals surface area contributed by atoms with Crippen LogP contribution < -0.4 is 10.0 Å². The fourth-order valence-electron chi connectivity index (χ4n) is 2.23. The number of hydrogen-bond acceptors (Lipinski definition) is 4. The van der Waals surface area contributed by atoms with Gasteiger partial charge in [-0.1, -0.05) is 32.9 Å². The van der Waals surface area contributed by atoms with Crippen molar-refractivity contribution in [3.63, 3.8) is 0 Å². The van der Waals surface area contributed by atoms with Crippen LogP contribution in [0.5, 0.6) is 0 Å². The van der Waals surface area contributed by atoms with Crippen LogP contribution in [0.15, 0.2) is 52.0 Å². The van der Waals surface area contributed by atoms with Gasteiger partial charge >= 0.3 is 0 Å². The Bertz CT molecular complexity index is 804. The lowest BCUT2D eigenvalue weighted by Gasteiger charge is -2.19. The van der Waals surface area contributed by atoms with Crippen LogP contribution in [0.3, 0.4) is 0 Å². The molecule has 0 radical (unpaired) electrons. The van der Waals surface area contributed by atoms with Crippen LogP contribution >= 0.6 is 0 Å². The summed E-state index contributed by atoms with van der Waals surface area (Å²) in [6, 6.07) is 9.22. The topological polar surface area (TPSA) is 88.4 Å². The predicted octanol–water partition coefficient (Wildman–Crippen LogP) is 2.56. The Hall–Kier alpha value is -2.12. The number of rotatable bonds is 6. The Kier molecular flexibility index (Phi) is 5.69. The smallest absolute Gasteiger partial charge is 0.241 e. The number of furan rings is 1. The standard InChI is InChI=1S/C18H24N2O4S/c1-13(17(21)19-12-15-6-5-11-24-15)20-25(22,23)16-9-7-14(8-10-16)18(2,3)4/h5-11,13,20H,12H2,1-4H3,(H,19,21)/t13-/m1/s1. The van der Waals surface area contributed by atoms with Gasteiger partial charge in [-0.2, -0.15) is 4.72 Å². The Balaban J connectivity index is 2.00. The molecule has 0 aliphatic heterocycles. The van der Waals surface area contributed by atoms with Gasteiger partial charge in [0, 0.05) is 0 Å². The zero-order chi connectivity index (χ0) is 18.7. The maximum atomic E-state index is 12.4. The van der Waals surface area contributed by atoms with Gasteiger partial charge in [0.15, 0.2) is 0 Å². The van der Waals surface area contributed by atoms with Crippen LogP contribution in [0.4, 0.5) is 0 Å². The van der Waals surface area contributed by atoms with E-state index in [0.717, 1.165) is 5.56 Å². The molecule has 1 amide bonds. The van der Waals surface area contributed by atoms with Gasteiger partial charge in [-0.05, 0) is 42.2 Å². The summed E-state index contributed by atoms with van der Waals surface area (Å²) in [7, 11) is -3.77. The van der Waals surface area contributed by atoms with E-state index in [2.05, 4.69) is 30.8 Å². The summed E-state index contributed by atoms with van der Waals surface area (Å²) in [5.74, 6) is 0.174. The highest BCUT2D eigenvalue weighted by Gasteiger charge is 2.23. The summed E-state index contributed by atoms with van der Waals surface area (Å²) < 4.78 is 32.4. The maximum absolute atomic E-state index is 12.4. The molecule has 2 rings (SSSR count). The monoisotopic (exact) mass is 364 g/mol. The van der Waals surface area contributed by atoms with Crippen molar-refractivity contribution in [2.75, 3.05) is 0 Å². The zero-order valence-electron chi connectivity index (χ0n) is 14.9. The van der Waals surface area contributed by atoms with Crippen molar-refractivity contribution in [3.8, 4) is 0 Å². The van der Waals surface area contributed by atoms with Gasteiger partial charge in [0.1, 0.15) is 5.76 Å². The first kappa shape index (κ1) is 19.2. The summed E-state index contributed by atoms with van der Waals surface area (Å²) >= 11 is 0. The van der Waals surface area contributed by atoms with Crippen LogP contribution in [0.25, 0.3) is 0 Å². The molecule has 0 aliphatic rings. The van der Waals surface area contributed by atoms with Crippen molar-refractivity contribution in [3.05, 3.63) is 54.0 Å². The van der Waals surface area contributed by atoms with Crippen molar-refractivity contribution in [1.82, 2.24) is 10.0 Å². The SMILES string of the molecule is C[C@@H](NS(=O)(=O)c1ccc(C(C)(C)C)cc1)C(=O)NCc1ccco1. The molecule has 1 aromatic heterocycles. The largest absolute Gasteiger partial charge is 0.467 e. The average molecular weight is 364 g/mol. The van der Waals surface area contributed by atoms with Crippen LogP contribution in [0, 0.1) is 0 Å². The molecule has 0 saturated carbocycles. The predicted molar refractivity (Wildman–Crippen MR) is 95.5 cm³/mol. The molecule has 2 aromatic rings. The summed E-state index contributed by atoms with van der Waals surface area (Å²) in [6.45, 7) is 7.87. The van der Waals surface area contributed by atoms with Crippen LogP contribution in [-0.4, -0.2) is 20.4 Å². The minimum Gasteiger partial charge on any atom is -0.467 e. The Morgan fingerprint density at radius 2 is 1.80 bits per heavy atom. The summed E-state index contributed by atoms with van der Waals surface area (Å²) in [5, 5.41) is 2.63. The second-order valence-electron chi connectivity index (χ2n) is 6.91. The first-order chi connectivity index (χ1) is 11.6. The van der Waals surface area contributed by atoms with Gasteiger partial charge in [0.2, 0.25) is 15.9 Å². The molecule has 0 fully saturated rings. The second kappa shape index (κ2) is 7.41. The van der Waals surface area contributed by atoms with Crippen molar-refractivity contribution >= 4 is 15.9 Å². The lowest BCUT2D eigenvalue weighted by atomic mass is 9.87. The number of carbonyl (C=O) groups excluding carboxylic acids is 1. The lowest BCUT2D eigenvalue weighted by Crippen LogP contribution is -2.44. The van der Waals surface area contributed by atoms with E-state index in [1.165, 1.54) is 13.2 Å². The van der Waals surface area contributed by atoms with E-state index in [1.54, 1.807) is 36.4 Å². The van der Waals surface area contributed by atoms with Crippen LogP contribution in [0.1, 0.15) is 39.0 Å². The molecule has 136 valence electrons. The molecule has 2 N–H and O–H groups in total. The van der Waals surface area contributed by atoms with Gasteiger partial charge in [0.05, 0.1) is 23.7 Å². The zero-order valence-corrected chi connectivity index (χ0v) is 15.7. The molecular formula is C18H24N2O4S. The fourth-order valence-corrected chi connectivity index (χ4v) is 3.43. The number of benzene rings is 1. The highest BCUT2D eigenvalue weighted by atomic mass is 32.2. The third-order valence-corrected chi connectivity index (χ3v) is 5.33. The van der Waals surface area contributed by atoms with Crippen LogP contribution in [-0.2, 0) is 26.8 Å². The summed E-state index contributed by atoms with van der Waals surface area (Å²) in [4.78, 5) is 12.2. The van der Waals surface area contributed by atoms with Crippen molar-refractivity contribution in [2.45, 2.75) is 50.6 Å². The van der Waals surface area contributed by atoms with Crippen molar-refractivity contribution < 1.29 is 17.6 Å². The second-order valence-corrected chi connectivity index (χ2v) is 8.63. The molecule has 6 nitrogen and oxygen atoms in total. The molecule has 0 spiro atoms. The summed E-state index contributed by atoms with van der Waals surface area (Å²) in [6.07, 6.45) is 1.51. The highest BCUT2D eigenvalue weighted by molar-refractivity contribution is 7.89. The molecule has 1 aromatic carbocycles. The van der Waals surface area contributed by atoms with Gasteiger partial charge in [-0.25, -0.2) is 8.42 Å². The molecule has 7 heteroatoms. The fraction of sp³-hybridized carbons (Fsp3) is 0.389.